The summed E-state index contributed by atoms with van der Waals surface area (Å²) < 4.78 is 75.9. The number of hydrogen-bond acceptors (Lipinski definition) is 13. The van der Waals surface area contributed by atoms with E-state index in [2.05, 4.69) is 14.7 Å². The summed E-state index contributed by atoms with van der Waals surface area (Å²) in [7, 11) is -10.6. The molecule has 0 aliphatic carbocycles. The normalized spacial score (nSPS) is 11.6. The Morgan fingerprint density at radius 3 is 2.00 bits per heavy atom. The van der Waals surface area contributed by atoms with Crippen LogP contribution in [0.4, 0.5) is 11.4 Å². The number of carbonyl (C=O) groups is 1. The Morgan fingerprint density at radius 2 is 1.51 bits per heavy atom. The maximum atomic E-state index is 13.0. The van der Waals surface area contributed by atoms with E-state index in [0.717, 1.165) is 24.3 Å². The molecular formula is C21H17N2Na3O12S3. The van der Waals surface area contributed by atoms with Crippen molar-refractivity contribution in [3.8, 4) is 0 Å². The first-order valence-corrected chi connectivity index (χ1v) is 13.8. The van der Waals surface area contributed by atoms with Crippen LogP contribution in [0.1, 0.15) is 36.7 Å². The zero-order valence-corrected chi connectivity index (χ0v) is 31.1. The summed E-state index contributed by atoms with van der Waals surface area (Å²) in [5, 5.41) is 26.0. The Labute approximate surface area is 305 Å². The fourth-order valence-electron chi connectivity index (χ4n) is 3.67. The van der Waals surface area contributed by atoms with Gasteiger partial charge in [-0.25, -0.2) is 16.8 Å². The largest absolute Gasteiger partial charge is 1.00 e. The van der Waals surface area contributed by atoms with E-state index >= 15 is 0 Å². The van der Waals surface area contributed by atoms with Crippen LogP contribution in [0.5, 0.6) is 0 Å². The van der Waals surface area contributed by atoms with E-state index in [1.165, 1.54) is 12.1 Å². The van der Waals surface area contributed by atoms with Crippen molar-refractivity contribution in [1.29, 1.82) is 0 Å². The molecule has 0 saturated carbocycles. The van der Waals surface area contributed by atoms with Crippen molar-refractivity contribution < 1.29 is 139 Å². The van der Waals surface area contributed by atoms with Gasteiger partial charge in [-0.15, -0.1) is 0 Å². The summed E-state index contributed by atoms with van der Waals surface area (Å²) >= 11 is 0.123. The second-order valence-corrected chi connectivity index (χ2v) is 12.2. The first-order valence-electron chi connectivity index (χ1n) is 10.2. The molecule has 1 N–H and O–H groups in total. The van der Waals surface area contributed by atoms with Gasteiger partial charge in [0.2, 0.25) is 0 Å². The second kappa shape index (κ2) is 15.7. The second-order valence-electron chi connectivity index (χ2n) is 8.78. The predicted molar refractivity (Wildman–Crippen MR) is 128 cm³/mol. The van der Waals surface area contributed by atoms with Crippen LogP contribution in [-0.4, -0.2) is 36.8 Å². The SMILES string of the molecule is CC(C)(C)c1ccc(C(=O)Nc2ccc(S(=O)(=O)[O-])c3cc(SOO[O-])cc(S(=O)(=O)[O-])c23)cc1[N+](=O)[O-].[Na+].[Na+].[Na+]. The predicted octanol–water partition coefficient (Wildman–Crippen LogP) is -6.65. The van der Waals surface area contributed by atoms with E-state index < -0.39 is 62.7 Å². The smallest absolute Gasteiger partial charge is 0.744 e. The molecule has 0 aliphatic rings. The third-order valence-electron chi connectivity index (χ3n) is 5.22. The van der Waals surface area contributed by atoms with E-state index in [0.29, 0.717) is 11.6 Å². The van der Waals surface area contributed by atoms with Crippen molar-refractivity contribution in [2.24, 2.45) is 0 Å². The molecular weight excluding hydrogens is 637 g/mol. The summed E-state index contributed by atoms with van der Waals surface area (Å²) in [6.45, 7) is 5.20. The molecule has 0 aliphatic heterocycles. The van der Waals surface area contributed by atoms with E-state index in [9.17, 15) is 46.1 Å². The zero-order valence-electron chi connectivity index (χ0n) is 22.6. The Hall–Kier alpha value is -0.160. The van der Waals surface area contributed by atoms with E-state index in [-0.39, 0.29) is 117 Å². The number of amides is 1. The minimum Gasteiger partial charge on any atom is -0.744 e. The molecule has 0 spiro atoms. The van der Waals surface area contributed by atoms with Crippen LogP contribution in [0.2, 0.25) is 0 Å². The molecule has 0 saturated heterocycles. The zero-order chi connectivity index (χ0) is 28.6. The number of hydrogen-bond donors (Lipinski definition) is 1. The number of nitro groups is 1. The van der Waals surface area contributed by atoms with Crippen LogP contribution in [0.15, 0.2) is 57.2 Å². The number of anilines is 1. The van der Waals surface area contributed by atoms with Crippen LogP contribution in [0.3, 0.4) is 0 Å². The van der Waals surface area contributed by atoms with Gasteiger partial charge in [0.15, 0.2) is 0 Å². The van der Waals surface area contributed by atoms with Gasteiger partial charge in [0.05, 0.1) is 32.4 Å². The molecule has 0 bridgehead atoms. The van der Waals surface area contributed by atoms with Crippen molar-refractivity contribution in [3.05, 3.63) is 63.7 Å². The van der Waals surface area contributed by atoms with Crippen molar-refractivity contribution >= 4 is 60.3 Å². The van der Waals surface area contributed by atoms with Crippen molar-refractivity contribution in [2.45, 2.75) is 40.9 Å². The molecule has 0 atom stereocenters. The molecule has 0 fully saturated rings. The topological polar surface area (TPSA) is 228 Å². The van der Waals surface area contributed by atoms with Crippen LogP contribution >= 0.6 is 12.0 Å². The molecule has 3 aromatic carbocycles. The van der Waals surface area contributed by atoms with Gasteiger partial charge in [-0.05, 0) is 35.7 Å². The van der Waals surface area contributed by atoms with E-state index in [1.54, 1.807) is 20.8 Å². The third kappa shape index (κ3) is 9.92. The van der Waals surface area contributed by atoms with Gasteiger partial charge in [0.1, 0.15) is 20.2 Å². The van der Waals surface area contributed by atoms with Gasteiger partial charge in [-0.1, -0.05) is 26.8 Å². The first-order chi connectivity index (χ1) is 17.4. The molecule has 0 heterocycles. The molecule has 0 unspecified atom stereocenters. The van der Waals surface area contributed by atoms with Crippen LogP contribution in [-0.2, 0) is 35.0 Å². The number of fused-ring (bicyclic) bond motifs is 1. The average molecular weight is 655 g/mol. The Balaban J connectivity index is 0.00000533. The summed E-state index contributed by atoms with van der Waals surface area (Å²) in [6.07, 6.45) is 0. The Morgan fingerprint density at radius 1 is 0.927 bits per heavy atom. The summed E-state index contributed by atoms with van der Waals surface area (Å²) in [6, 6.07) is 6.99. The molecule has 14 nitrogen and oxygen atoms in total. The number of benzene rings is 3. The number of nitrogens with one attached hydrogen (secondary N) is 1. The quantitative estimate of drug-likeness (QED) is 0.0596. The summed E-state index contributed by atoms with van der Waals surface area (Å²) in [5.74, 6) is -0.969. The minimum absolute atomic E-state index is 0. The molecule has 20 heteroatoms. The summed E-state index contributed by atoms with van der Waals surface area (Å²) in [4.78, 5) is 21.7. The monoisotopic (exact) mass is 654 g/mol. The van der Waals surface area contributed by atoms with E-state index in [4.69, 9.17) is 0 Å². The van der Waals surface area contributed by atoms with Gasteiger partial charge in [-0.3, -0.25) is 19.9 Å². The van der Waals surface area contributed by atoms with Crippen LogP contribution in [0.25, 0.3) is 10.8 Å². The maximum Gasteiger partial charge on any atom is 1.00 e. The molecule has 0 aromatic heterocycles. The molecule has 0 radical (unpaired) electrons. The van der Waals surface area contributed by atoms with Gasteiger partial charge in [-0.2, -0.15) is 4.33 Å². The Bertz CT molecular complexity index is 1680. The first kappa shape index (κ1) is 40.8. The van der Waals surface area contributed by atoms with Gasteiger partial charge < -0.3 is 19.7 Å². The van der Waals surface area contributed by atoms with Crippen molar-refractivity contribution in [3.63, 3.8) is 0 Å². The van der Waals surface area contributed by atoms with Gasteiger partial charge in [0.25, 0.3) is 11.6 Å². The van der Waals surface area contributed by atoms with Gasteiger partial charge in [0, 0.05) is 32.9 Å². The van der Waals surface area contributed by atoms with E-state index in [1.807, 2.05) is 0 Å². The number of nitro benzene ring substituents is 1. The van der Waals surface area contributed by atoms with Gasteiger partial charge >= 0.3 is 88.7 Å². The van der Waals surface area contributed by atoms with Crippen LogP contribution in [0, 0.1) is 10.1 Å². The number of rotatable bonds is 8. The molecule has 204 valence electrons. The van der Waals surface area contributed by atoms with Crippen molar-refractivity contribution in [2.75, 3.05) is 5.32 Å². The fourth-order valence-corrected chi connectivity index (χ4v) is 5.59. The standard InChI is InChI=1S/C21H20N2O12S3.3Na/c1-21(2,3)14-5-4-11(8-16(14)23(25)26)20(24)22-15-6-7-17(37(28,29)30)13-9-12(36-35-34-27)10-18(19(13)15)38(31,32)33;;;/h4-10,27H,1-3H3,(H,22,24)(H,28,29,30)(H,31,32,33);;;/q;3*+1/p-3. The third-order valence-corrected chi connectivity index (χ3v) is 7.53. The molecule has 3 rings (SSSR count). The molecule has 3 aromatic rings. The molecule has 1 amide bonds. The molecule has 41 heavy (non-hydrogen) atoms. The maximum absolute atomic E-state index is 13.0. The van der Waals surface area contributed by atoms with Crippen molar-refractivity contribution in [1.82, 2.24) is 0 Å². The fraction of sp³-hybridized carbons (Fsp3) is 0.190. The Kier molecular flexibility index (Phi) is 15.7. The summed E-state index contributed by atoms with van der Waals surface area (Å²) in [5.41, 5.74) is -1.26. The number of nitrogens with zero attached hydrogens (tertiary/aromatic N) is 1. The van der Waals surface area contributed by atoms with Crippen LogP contribution < -0.4 is 99.2 Å². The minimum atomic E-state index is -5.38. The number of carbonyl (C=O) groups excluding carboxylic acids is 1. The average Bonchev–Trinajstić information content (AvgIpc) is 2.79.